The van der Waals surface area contributed by atoms with Gasteiger partial charge in [0.1, 0.15) is 5.76 Å². The van der Waals surface area contributed by atoms with Crippen LogP contribution in [0, 0.1) is 0 Å². The summed E-state index contributed by atoms with van der Waals surface area (Å²) >= 11 is 0. The number of nitrogens with one attached hydrogen (secondary N) is 2. The van der Waals surface area contributed by atoms with E-state index in [1.54, 1.807) is 13.2 Å². The zero-order chi connectivity index (χ0) is 13.4. The van der Waals surface area contributed by atoms with Gasteiger partial charge in [-0.2, -0.15) is 0 Å². The third-order valence-corrected chi connectivity index (χ3v) is 3.40. The van der Waals surface area contributed by atoms with E-state index in [-0.39, 0.29) is 11.6 Å². The van der Waals surface area contributed by atoms with Crippen molar-refractivity contribution in [2.24, 2.45) is 0 Å². The summed E-state index contributed by atoms with van der Waals surface area (Å²) in [7, 11) is -1.96. The fourth-order valence-corrected chi connectivity index (χ4v) is 2.17. The lowest BCUT2D eigenvalue weighted by Gasteiger charge is -2.02. The Bertz CT molecular complexity index is 467. The maximum Gasteiger partial charge on any atom is 0.274 e. The molecule has 18 heavy (non-hydrogen) atoms. The number of furan rings is 1. The predicted octanol–water partition coefficient (Wildman–Crippen LogP) is 0.480. The van der Waals surface area contributed by atoms with Crippen molar-refractivity contribution in [1.82, 2.24) is 10.0 Å². The molecule has 0 spiro atoms. The molecule has 1 rings (SSSR count). The summed E-state index contributed by atoms with van der Waals surface area (Å²) in [5, 5.41) is 2.97. The molecule has 0 aromatic carbocycles. The fraction of sp³-hybridized carbons (Fsp3) is 0.455. The molecule has 1 heterocycles. The molecule has 0 aliphatic rings. The van der Waals surface area contributed by atoms with E-state index >= 15 is 0 Å². The van der Waals surface area contributed by atoms with Crippen LogP contribution in [0.2, 0.25) is 0 Å². The first-order valence-electron chi connectivity index (χ1n) is 5.49. The molecule has 0 aliphatic carbocycles. The lowest BCUT2D eigenvalue weighted by atomic mass is 10.4. The summed E-state index contributed by atoms with van der Waals surface area (Å²) in [5.41, 5.74) is 0. The second kappa shape index (κ2) is 7.32. The molecule has 1 aromatic rings. The van der Waals surface area contributed by atoms with Crippen LogP contribution in [0.4, 0.5) is 0 Å². The molecule has 7 heteroatoms. The average molecular weight is 274 g/mol. The molecule has 0 saturated heterocycles. The standard InChI is InChI=1S/C11H18N2O4S/c1-3-6-13-18(14,15)11-5-4-10(17-11)9-12-7-8-16-2/h3-5,12-13H,1,6-9H2,2H3. The Morgan fingerprint density at radius 3 is 2.94 bits per heavy atom. The third kappa shape index (κ3) is 4.61. The minimum atomic E-state index is -3.58. The van der Waals surface area contributed by atoms with Crippen LogP contribution in [0.5, 0.6) is 0 Å². The van der Waals surface area contributed by atoms with E-state index in [4.69, 9.17) is 9.15 Å². The second-order valence-corrected chi connectivity index (χ2v) is 5.23. The van der Waals surface area contributed by atoms with Gasteiger partial charge in [-0.05, 0) is 12.1 Å². The molecule has 0 aliphatic heterocycles. The predicted molar refractivity (Wildman–Crippen MR) is 67.7 cm³/mol. The SMILES string of the molecule is C=CCNS(=O)(=O)c1ccc(CNCCOC)o1. The molecule has 1 aromatic heterocycles. The molecule has 6 nitrogen and oxygen atoms in total. The van der Waals surface area contributed by atoms with Crippen LogP contribution in [-0.4, -0.2) is 35.2 Å². The van der Waals surface area contributed by atoms with Gasteiger partial charge in [0.2, 0.25) is 5.09 Å². The zero-order valence-corrected chi connectivity index (χ0v) is 11.1. The van der Waals surface area contributed by atoms with Gasteiger partial charge in [0.15, 0.2) is 0 Å². The second-order valence-electron chi connectivity index (χ2n) is 3.53. The molecule has 0 unspecified atom stereocenters. The van der Waals surface area contributed by atoms with Crippen molar-refractivity contribution >= 4 is 10.0 Å². The fourth-order valence-electron chi connectivity index (χ4n) is 1.22. The van der Waals surface area contributed by atoms with E-state index in [0.29, 0.717) is 25.5 Å². The van der Waals surface area contributed by atoms with Crippen LogP contribution >= 0.6 is 0 Å². The highest BCUT2D eigenvalue weighted by Gasteiger charge is 2.17. The first kappa shape index (κ1) is 14.9. The topological polar surface area (TPSA) is 80.6 Å². The number of sulfonamides is 1. The highest BCUT2D eigenvalue weighted by molar-refractivity contribution is 7.89. The Labute approximate surface area is 107 Å². The number of rotatable bonds is 9. The van der Waals surface area contributed by atoms with E-state index in [9.17, 15) is 8.42 Å². The van der Waals surface area contributed by atoms with Gasteiger partial charge in [0, 0.05) is 20.2 Å². The van der Waals surface area contributed by atoms with Crippen molar-refractivity contribution in [3.8, 4) is 0 Å². The summed E-state index contributed by atoms with van der Waals surface area (Å²) in [6.07, 6.45) is 1.47. The normalized spacial score (nSPS) is 11.6. The molecular weight excluding hydrogens is 256 g/mol. The molecule has 2 N–H and O–H groups in total. The molecule has 0 fully saturated rings. The Balaban J connectivity index is 2.54. The number of ether oxygens (including phenoxy) is 1. The van der Waals surface area contributed by atoms with Crippen LogP contribution in [0.15, 0.2) is 34.3 Å². The lowest BCUT2D eigenvalue weighted by molar-refractivity contribution is 0.198. The Morgan fingerprint density at radius 2 is 2.28 bits per heavy atom. The number of hydrogen-bond donors (Lipinski definition) is 2. The van der Waals surface area contributed by atoms with E-state index in [0.717, 1.165) is 0 Å². The number of hydrogen-bond acceptors (Lipinski definition) is 5. The van der Waals surface area contributed by atoms with Crippen molar-refractivity contribution in [3.63, 3.8) is 0 Å². The van der Waals surface area contributed by atoms with Crippen molar-refractivity contribution in [1.29, 1.82) is 0 Å². The van der Waals surface area contributed by atoms with Gasteiger partial charge >= 0.3 is 0 Å². The van der Waals surface area contributed by atoms with Gasteiger partial charge in [-0.25, -0.2) is 13.1 Å². The van der Waals surface area contributed by atoms with Gasteiger partial charge in [-0.1, -0.05) is 6.08 Å². The van der Waals surface area contributed by atoms with Crippen molar-refractivity contribution in [3.05, 3.63) is 30.5 Å². The van der Waals surface area contributed by atoms with E-state index in [1.165, 1.54) is 12.1 Å². The largest absolute Gasteiger partial charge is 0.447 e. The van der Waals surface area contributed by atoms with Crippen molar-refractivity contribution in [2.45, 2.75) is 11.6 Å². The lowest BCUT2D eigenvalue weighted by Crippen LogP contribution is -2.23. The Hall–Kier alpha value is -1.15. The molecule has 102 valence electrons. The van der Waals surface area contributed by atoms with Crippen LogP contribution < -0.4 is 10.0 Å². The van der Waals surface area contributed by atoms with Crippen LogP contribution in [0.3, 0.4) is 0 Å². The summed E-state index contributed by atoms with van der Waals surface area (Å²) in [4.78, 5) is 0. The smallest absolute Gasteiger partial charge is 0.274 e. The van der Waals surface area contributed by atoms with Gasteiger partial charge < -0.3 is 14.5 Å². The van der Waals surface area contributed by atoms with Crippen molar-refractivity contribution in [2.75, 3.05) is 26.8 Å². The summed E-state index contributed by atoms with van der Waals surface area (Å²) < 4.78 is 35.8. The molecule has 0 atom stereocenters. The van der Waals surface area contributed by atoms with Crippen molar-refractivity contribution < 1.29 is 17.6 Å². The first-order chi connectivity index (χ1) is 8.60. The average Bonchev–Trinajstić information content (AvgIpc) is 2.82. The molecular formula is C11H18N2O4S. The first-order valence-corrected chi connectivity index (χ1v) is 6.97. The summed E-state index contributed by atoms with van der Waals surface area (Å²) in [6, 6.07) is 3.06. The molecule has 0 radical (unpaired) electrons. The van der Waals surface area contributed by atoms with Crippen LogP contribution in [0.1, 0.15) is 5.76 Å². The van der Waals surface area contributed by atoms with Gasteiger partial charge in [-0.15, -0.1) is 6.58 Å². The van der Waals surface area contributed by atoms with Gasteiger partial charge in [-0.3, -0.25) is 0 Å². The Morgan fingerprint density at radius 1 is 1.50 bits per heavy atom. The minimum absolute atomic E-state index is 0.0899. The number of methoxy groups -OCH3 is 1. The molecule has 0 bridgehead atoms. The summed E-state index contributed by atoms with van der Waals surface area (Å²) in [6.45, 7) is 5.34. The van der Waals surface area contributed by atoms with Crippen LogP contribution in [0.25, 0.3) is 0 Å². The molecule has 0 saturated carbocycles. The van der Waals surface area contributed by atoms with E-state index in [1.807, 2.05) is 0 Å². The van der Waals surface area contributed by atoms with Crippen LogP contribution in [-0.2, 0) is 21.3 Å². The summed E-state index contributed by atoms with van der Waals surface area (Å²) in [5.74, 6) is 0.560. The molecule has 0 amide bonds. The Kier molecular flexibility index (Phi) is 6.06. The van der Waals surface area contributed by atoms with Gasteiger partial charge in [0.05, 0.1) is 13.2 Å². The highest BCUT2D eigenvalue weighted by Crippen LogP contribution is 2.13. The van der Waals surface area contributed by atoms with E-state index < -0.39 is 10.0 Å². The van der Waals surface area contributed by atoms with Gasteiger partial charge in [0.25, 0.3) is 10.0 Å². The minimum Gasteiger partial charge on any atom is -0.447 e. The maximum absolute atomic E-state index is 11.7. The highest BCUT2D eigenvalue weighted by atomic mass is 32.2. The van der Waals surface area contributed by atoms with E-state index in [2.05, 4.69) is 16.6 Å². The quantitative estimate of drug-likeness (QED) is 0.506. The third-order valence-electron chi connectivity index (χ3n) is 2.10. The maximum atomic E-state index is 11.7. The monoisotopic (exact) mass is 274 g/mol. The zero-order valence-electron chi connectivity index (χ0n) is 10.3.